The molecule has 0 spiro atoms. The van der Waals surface area contributed by atoms with E-state index in [9.17, 15) is 4.79 Å². The van der Waals surface area contributed by atoms with Crippen molar-refractivity contribution in [3.63, 3.8) is 0 Å². The smallest absolute Gasteiger partial charge is 0.258 e. The number of hydrogen-bond acceptors (Lipinski definition) is 5. The van der Waals surface area contributed by atoms with Gasteiger partial charge in [-0.3, -0.25) is 4.79 Å². The summed E-state index contributed by atoms with van der Waals surface area (Å²) in [5, 5.41) is 11.2. The van der Waals surface area contributed by atoms with E-state index in [2.05, 4.69) is 20.5 Å². The Bertz CT molecular complexity index is 838. The summed E-state index contributed by atoms with van der Waals surface area (Å²) in [6, 6.07) is 5.61. The number of nitrogens with zero attached hydrogens (tertiary/aromatic N) is 5. The number of pyridine rings is 1. The van der Waals surface area contributed by atoms with Gasteiger partial charge in [0.05, 0.1) is 12.8 Å². The van der Waals surface area contributed by atoms with Crippen LogP contribution in [0.5, 0.6) is 5.88 Å². The van der Waals surface area contributed by atoms with Gasteiger partial charge in [-0.2, -0.15) is 10.2 Å². The Morgan fingerprint density at radius 2 is 2.25 bits per heavy atom. The van der Waals surface area contributed by atoms with Crippen LogP contribution < -0.4 is 10.1 Å². The Kier molecular flexibility index (Phi) is 3.70. The maximum Gasteiger partial charge on any atom is 0.258 e. The summed E-state index contributed by atoms with van der Waals surface area (Å²) in [6.45, 7) is 1.78. The van der Waals surface area contributed by atoms with E-state index in [1.807, 2.05) is 24.4 Å². The first kappa shape index (κ1) is 14.4. The molecule has 0 aromatic carbocycles. The summed E-state index contributed by atoms with van der Waals surface area (Å²) < 4.78 is 8.94. The van der Waals surface area contributed by atoms with E-state index in [0.717, 1.165) is 24.3 Å². The van der Waals surface area contributed by atoms with Crippen molar-refractivity contribution < 1.29 is 9.53 Å². The highest BCUT2D eigenvalue weighted by molar-refractivity contribution is 5.96. The largest absolute Gasteiger partial charge is 0.477 e. The predicted molar refractivity (Wildman–Crippen MR) is 84.9 cm³/mol. The van der Waals surface area contributed by atoms with Crippen LogP contribution in [-0.2, 0) is 13.1 Å². The summed E-state index contributed by atoms with van der Waals surface area (Å²) >= 11 is 0. The SMILES string of the molecule is O=C(NCc1ccc(-n2cccn2)nc1)c1cnn2c1OCCC2. The maximum absolute atomic E-state index is 12.3. The number of carbonyl (C=O) groups is 1. The zero-order chi connectivity index (χ0) is 16.4. The minimum absolute atomic E-state index is 0.200. The lowest BCUT2D eigenvalue weighted by Crippen LogP contribution is -2.24. The third-order valence-corrected chi connectivity index (χ3v) is 3.79. The van der Waals surface area contributed by atoms with Crippen LogP contribution in [0.15, 0.2) is 43.0 Å². The van der Waals surface area contributed by atoms with Gasteiger partial charge in [-0.15, -0.1) is 0 Å². The number of hydrogen-bond donors (Lipinski definition) is 1. The van der Waals surface area contributed by atoms with Crippen LogP contribution in [0.4, 0.5) is 0 Å². The standard InChI is InChI=1S/C16H16N6O2/c23-15(13-11-20-22-7-2-8-24-16(13)22)18-10-12-3-4-14(17-9-12)21-6-1-5-19-21/h1,3-6,9,11H,2,7-8,10H2,(H,18,23). The van der Waals surface area contributed by atoms with Crippen LogP contribution in [0.2, 0.25) is 0 Å². The molecule has 4 heterocycles. The molecule has 0 saturated heterocycles. The third kappa shape index (κ3) is 2.73. The molecule has 1 aliphatic rings. The molecule has 0 aliphatic carbocycles. The summed E-state index contributed by atoms with van der Waals surface area (Å²) in [7, 11) is 0. The molecule has 0 atom stereocenters. The highest BCUT2D eigenvalue weighted by atomic mass is 16.5. The Balaban J connectivity index is 1.41. The van der Waals surface area contributed by atoms with Crippen LogP contribution >= 0.6 is 0 Å². The van der Waals surface area contributed by atoms with Crippen LogP contribution in [0, 0.1) is 0 Å². The molecule has 0 saturated carbocycles. The molecule has 0 unspecified atom stereocenters. The highest BCUT2D eigenvalue weighted by Crippen LogP contribution is 2.22. The molecule has 1 amide bonds. The molecule has 0 bridgehead atoms. The number of rotatable bonds is 4. The minimum Gasteiger partial charge on any atom is -0.477 e. The summed E-state index contributed by atoms with van der Waals surface area (Å²) in [5.74, 6) is 1.08. The molecule has 122 valence electrons. The maximum atomic E-state index is 12.3. The molecule has 3 aromatic heterocycles. The molecule has 3 aromatic rings. The monoisotopic (exact) mass is 324 g/mol. The number of carbonyl (C=O) groups excluding carboxylic acids is 1. The van der Waals surface area contributed by atoms with Gasteiger partial charge in [0.25, 0.3) is 5.91 Å². The second-order valence-electron chi connectivity index (χ2n) is 5.45. The van der Waals surface area contributed by atoms with Gasteiger partial charge >= 0.3 is 0 Å². The van der Waals surface area contributed by atoms with Gasteiger partial charge in [-0.1, -0.05) is 6.07 Å². The van der Waals surface area contributed by atoms with E-state index >= 15 is 0 Å². The fraction of sp³-hybridized carbons (Fsp3) is 0.250. The lowest BCUT2D eigenvalue weighted by Gasteiger charge is -2.15. The molecule has 1 aliphatic heterocycles. The van der Waals surface area contributed by atoms with E-state index in [1.165, 1.54) is 0 Å². The molecule has 0 fully saturated rings. The van der Waals surface area contributed by atoms with Gasteiger partial charge in [0.15, 0.2) is 5.82 Å². The van der Waals surface area contributed by atoms with Gasteiger partial charge < -0.3 is 10.1 Å². The van der Waals surface area contributed by atoms with Crippen molar-refractivity contribution in [2.24, 2.45) is 0 Å². The molecular formula is C16H16N6O2. The van der Waals surface area contributed by atoms with Crippen molar-refractivity contribution >= 4 is 5.91 Å². The lowest BCUT2D eigenvalue weighted by molar-refractivity contribution is 0.0944. The molecule has 24 heavy (non-hydrogen) atoms. The number of amides is 1. The second-order valence-corrected chi connectivity index (χ2v) is 5.45. The number of ether oxygens (including phenoxy) is 1. The average molecular weight is 324 g/mol. The van der Waals surface area contributed by atoms with Gasteiger partial charge in [-0.05, 0) is 17.7 Å². The Hall–Kier alpha value is -3.16. The first-order chi connectivity index (χ1) is 11.8. The number of nitrogens with one attached hydrogen (secondary N) is 1. The average Bonchev–Trinajstić information content (AvgIpc) is 3.30. The first-order valence-corrected chi connectivity index (χ1v) is 7.73. The fourth-order valence-electron chi connectivity index (χ4n) is 2.56. The first-order valence-electron chi connectivity index (χ1n) is 7.73. The van der Waals surface area contributed by atoms with Crippen LogP contribution in [-0.4, -0.2) is 37.1 Å². The van der Waals surface area contributed by atoms with Crippen molar-refractivity contribution in [1.82, 2.24) is 29.9 Å². The van der Waals surface area contributed by atoms with E-state index in [4.69, 9.17) is 4.74 Å². The topological polar surface area (TPSA) is 86.9 Å². The second kappa shape index (κ2) is 6.15. The van der Waals surface area contributed by atoms with Crippen molar-refractivity contribution in [1.29, 1.82) is 0 Å². The molecule has 8 heteroatoms. The van der Waals surface area contributed by atoms with Gasteiger partial charge in [0.2, 0.25) is 5.88 Å². The van der Waals surface area contributed by atoms with E-state index in [-0.39, 0.29) is 5.91 Å². The molecule has 8 nitrogen and oxygen atoms in total. The van der Waals surface area contributed by atoms with Crippen molar-refractivity contribution in [3.8, 4) is 11.7 Å². The van der Waals surface area contributed by atoms with E-state index in [0.29, 0.717) is 24.6 Å². The molecule has 4 rings (SSSR count). The van der Waals surface area contributed by atoms with E-state index < -0.39 is 0 Å². The van der Waals surface area contributed by atoms with Gasteiger partial charge in [-0.25, -0.2) is 14.3 Å². The summed E-state index contributed by atoms with van der Waals surface area (Å²) in [4.78, 5) is 16.7. The van der Waals surface area contributed by atoms with Gasteiger partial charge in [0, 0.05) is 38.1 Å². The van der Waals surface area contributed by atoms with Crippen LogP contribution in [0.1, 0.15) is 22.3 Å². The van der Waals surface area contributed by atoms with Gasteiger partial charge in [0.1, 0.15) is 5.56 Å². The highest BCUT2D eigenvalue weighted by Gasteiger charge is 2.21. The third-order valence-electron chi connectivity index (χ3n) is 3.79. The Morgan fingerprint density at radius 1 is 1.29 bits per heavy atom. The van der Waals surface area contributed by atoms with E-state index in [1.54, 1.807) is 28.0 Å². The van der Waals surface area contributed by atoms with Crippen molar-refractivity contribution in [2.75, 3.05) is 6.61 Å². The van der Waals surface area contributed by atoms with Crippen molar-refractivity contribution in [3.05, 3.63) is 54.1 Å². The molecule has 0 radical (unpaired) electrons. The van der Waals surface area contributed by atoms with Crippen molar-refractivity contribution in [2.45, 2.75) is 19.5 Å². The number of aryl methyl sites for hydroxylation is 1. The summed E-state index contributed by atoms with van der Waals surface area (Å²) in [5.41, 5.74) is 1.37. The lowest BCUT2D eigenvalue weighted by atomic mass is 10.2. The normalized spacial score (nSPS) is 13.2. The quantitative estimate of drug-likeness (QED) is 0.778. The number of fused-ring (bicyclic) bond motifs is 1. The summed E-state index contributed by atoms with van der Waals surface area (Å²) in [6.07, 6.45) is 7.71. The number of aromatic nitrogens is 5. The molecule has 1 N–H and O–H groups in total. The molecular weight excluding hydrogens is 308 g/mol. The zero-order valence-electron chi connectivity index (χ0n) is 12.9. The zero-order valence-corrected chi connectivity index (χ0v) is 12.9. The van der Waals surface area contributed by atoms with Crippen LogP contribution in [0.3, 0.4) is 0 Å². The Morgan fingerprint density at radius 3 is 3.04 bits per heavy atom. The fourth-order valence-corrected chi connectivity index (χ4v) is 2.56. The minimum atomic E-state index is -0.200. The predicted octanol–water partition coefficient (Wildman–Crippen LogP) is 1.18. The Labute approximate surface area is 138 Å². The van der Waals surface area contributed by atoms with Crippen LogP contribution in [0.25, 0.3) is 5.82 Å².